The molecule has 0 aliphatic carbocycles. The van der Waals surface area contributed by atoms with Gasteiger partial charge in [-0.15, -0.1) is 0 Å². The van der Waals surface area contributed by atoms with Gasteiger partial charge in [-0.2, -0.15) is 5.26 Å². The first-order valence-corrected chi connectivity index (χ1v) is 7.12. The molecule has 0 saturated heterocycles. The number of anilines is 1. The molecule has 1 aromatic carbocycles. The maximum atomic E-state index is 9.30. The third kappa shape index (κ3) is 2.84. The Balaban J connectivity index is 2.79. The third-order valence-corrected chi connectivity index (χ3v) is 3.02. The van der Waals surface area contributed by atoms with Crippen molar-refractivity contribution in [1.82, 2.24) is 4.98 Å². The van der Waals surface area contributed by atoms with Crippen LogP contribution in [-0.2, 0) is 0 Å². The van der Waals surface area contributed by atoms with E-state index in [9.17, 15) is 5.26 Å². The summed E-state index contributed by atoms with van der Waals surface area (Å²) in [6.07, 6.45) is 1.57. The van der Waals surface area contributed by atoms with Crippen LogP contribution in [0.25, 0.3) is 10.9 Å². The van der Waals surface area contributed by atoms with Crippen molar-refractivity contribution in [3.8, 4) is 17.6 Å². The molecular formula is C16H19N3O2. The molecule has 2 aromatic rings. The number of nitriles is 1. The van der Waals surface area contributed by atoms with Gasteiger partial charge in [-0.25, -0.2) is 0 Å². The number of hydrogen-bond donors (Lipinski definition) is 1. The van der Waals surface area contributed by atoms with Gasteiger partial charge in [-0.3, -0.25) is 4.98 Å². The molecule has 1 aromatic heterocycles. The topological polar surface area (TPSA) is 67.2 Å². The Bertz CT molecular complexity index is 677. The number of hydrogen-bond acceptors (Lipinski definition) is 5. The highest BCUT2D eigenvalue weighted by Crippen LogP contribution is 2.38. The van der Waals surface area contributed by atoms with Gasteiger partial charge in [-0.1, -0.05) is 0 Å². The first-order chi connectivity index (χ1) is 10.3. The highest BCUT2D eigenvalue weighted by molar-refractivity contribution is 6.01. The molecular weight excluding hydrogens is 266 g/mol. The molecule has 21 heavy (non-hydrogen) atoms. The van der Waals surface area contributed by atoms with Gasteiger partial charge in [0.1, 0.15) is 23.1 Å². The van der Waals surface area contributed by atoms with Crippen molar-refractivity contribution in [2.75, 3.05) is 25.1 Å². The number of benzene rings is 1. The average Bonchev–Trinajstić information content (AvgIpc) is 2.50. The van der Waals surface area contributed by atoms with Gasteiger partial charge in [0, 0.05) is 12.7 Å². The Hall–Kier alpha value is -2.48. The van der Waals surface area contributed by atoms with E-state index < -0.39 is 0 Å². The van der Waals surface area contributed by atoms with Gasteiger partial charge >= 0.3 is 0 Å². The van der Waals surface area contributed by atoms with Gasteiger partial charge in [0.25, 0.3) is 0 Å². The zero-order valence-corrected chi connectivity index (χ0v) is 12.6. The molecule has 0 aliphatic heterocycles. The summed E-state index contributed by atoms with van der Waals surface area (Å²) >= 11 is 0. The SMILES string of the molecule is CCNc1c(C#N)cnc2c(OCC)ccc(OCC)c12. The van der Waals surface area contributed by atoms with Gasteiger partial charge < -0.3 is 14.8 Å². The van der Waals surface area contributed by atoms with Crippen LogP contribution in [0.15, 0.2) is 18.3 Å². The summed E-state index contributed by atoms with van der Waals surface area (Å²) in [6.45, 7) is 7.65. The van der Waals surface area contributed by atoms with E-state index >= 15 is 0 Å². The van der Waals surface area contributed by atoms with E-state index in [0.717, 1.165) is 11.1 Å². The van der Waals surface area contributed by atoms with E-state index in [4.69, 9.17) is 9.47 Å². The Morgan fingerprint density at radius 2 is 1.81 bits per heavy atom. The molecule has 0 atom stereocenters. The summed E-state index contributed by atoms with van der Waals surface area (Å²) in [5.74, 6) is 1.40. The van der Waals surface area contributed by atoms with Crippen molar-refractivity contribution in [2.45, 2.75) is 20.8 Å². The van der Waals surface area contributed by atoms with Crippen molar-refractivity contribution in [3.05, 3.63) is 23.9 Å². The van der Waals surface area contributed by atoms with Crippen molar-refractivity contribution >= 4 is 16.6 Å². The zero-order chi connectivity index (χ0) is 15.2. The number of pyridine rings is 1. The minimum Gasteiger partial charge on any atom is -0.493 e. The fraction of sp³-hybridized carbons (Fsp3) is 0.375. The summed E-state index contributed by atoms with van der Waals surface area (Å²) in [6, 6.07) is 5.89. The standard InChI is InChI=1S/C16H19N3O2/c1-4-18-15-11(9-17)10-19-16-13(21-6-3)8-7-12(14(15)16)20-5-2/h7-8,10H,4-6H2,1-3H3,(H,18,19). The molecule has 1 heterocycles. The number of nitrogens with zero attached hydrogens (tertiary/aromatic N) is 2. The van der Waals surface area contributed by atoms with E-state index in [-0.39, 0.29) is 0 Å². The summed E-state index contributed by atoms with van der Waals surface area (Å²) < 4.78 is 11.3. The second-order valence-electron chi connectivity index (χ2n) is 4.34. The van der Waals surface area contributed by atoms with Crippen LogP contribution in [0.4, 0.5) is 5.69 Å². The van der Waals surface area contributed by atoms with Crippen LogP contribution in [0.1, 0.15) is 26.3 Å². The molecule has 1 N–H and O–H groups in total. The minimum absolute atomic E-state index is 0.499. The number of ether oxygens (including phenoxy) is 2. The number of fused-ring (bicyclic) bond motifs is 1. The van der Waals surface area contributed by atoms with Crippen molar-refractivity contribution in [2.24, 2.45) is 0 Å². The normalized spacial score (nSPS) is 10.2. The van der Waals surface area contributed by atoms with E-state index in [0.29, 0.717) is 42.3 Å². The molecule has 0 aliphatic rings. The lowest BCUT2D eigenvalue weighted by Gasteiger charge is -2.16. The Labute approximate surface area is 124 Å². The van der Waals surface area contributed by atoms with Gasteiger partial charge in [0.05, 0.1) is 29.9 Å². The number of rotatable bonds is 6. The molecule has 0 bridgehead atoms. The largest absolute Gasteiger partial charge is 0.493 e. The van der Waals surface area contributed by atoms with Crippen molar-refractivity contribution in [1.29, 1.82) is 5.26 Å². The molecule has 0 fully saturated rings. The molecule has 2 rings (SSSR count). The molecule has 0 radical (unpaired) electrons. The van der Waals surface area contributed by atoms with Crippen LogP contribution in [-0.4, -0.2) is 24.7 Å². The van der Waals surface area contributed by atoms with Crippen LogP contribution < -0.4 is 14.8 Å². The third-order valence-electron chi connectivity index (χ3n) is 3.02. The maximum absolute atomic E-state index is 9.30. The fourth-order valence-corrected chi connectivity index (χ4v) is 2.24. The Morgan fingerprint density at radius 3 is 2.43 bits per heavy atom. The summed E-state index contributed by atoms with van der Waals surface area (Å²) in [4.78, 5) is 4.39. The van der Waals surface area contributed by atoms with Gasteiger partial charge in [-0.05, 0) is 32.9 Å². The van der Waals surface area contributed by atoms with Crippen LogP contribution in [0, 0.1) is 11.3 Å². The van der Waals surface area contributed by atoms with Crippen LogP contribution >= 0.6 is 0 Å². The van der Waals surface area contributed by atoms with Crippen LogP contribution in [0.2, 0.25) is 0 Å². The lowest BCUT2D eigenvalue weighted by atomic mass is 10.1. The second-order valence-corrected chi connectivity index (χ2v) is 4.34. The Kier molecular flexibility index (Phi) is 4.83. The molecule has 0 spiro atoms. The molecule has 5 nitrogen and oxygen atoms in total. The predicted molar refractivity (Wildman–Crippen MR) is 83.0 cm³/mol. The molecule has 110 valence electrons. The van der Waals surface area contributed by atoms with Gasteiger partial charge in [0.15, 0.2) is 0 Å². The first-order valence-electron chi connectivity index (χ1n) is 7.12. The summed E-state index contributed by atoms with van der Waals surface area (Å²) in [5, 5.41) is 13.3. The lowest BCUT2D eigenvalue weighted by Crippen LogP contribution is -2.04. The smallest absolute Gasteiger partial charge is 0.145 e. The Morgan fingerprint density at radius 1 is 1.14 bits per heavy atom. The highest BCUT2D eigenvalue weighted by atomic mass is 16.5. The molecule has 5 heteroatoms. The van der Waals surface area contributed by atoms with Crippen molar-refractivity contribution in [3.63, 3.8) is 0 Å². The quantitative estimate of drug-likeness (QED) is 0.881. The van der Waals surface area contributed by atoms with E-state index in [1.165, 1.54) is 0 Å². The van der Waals surface area contributed by atoms with E-state index in [1.54, 1.807) is 6.20 Å². The van der Waals surface area contributed by atoms with Crippen LogP contribution in [0.3, 0.4) is 0 Å². The lowest BCUT2D eigenvalue weighted by molar-refractivity contribution is 0.336. The van der Waals surface area contributed by atoms with Gasteiger partial charge in [0.2, 0.25) is 0 Å². The highest BCUT2D eigenvalue weighted by Gasteiger charge is 2.16. The van der Waals surface area contributed by atoms with E-state index in [2.05, 4.69) is 16.4 Å². The van der Waals surface area contributed by atoms with Crippen LogP contribution in [0.5, 0.6) is 11.5 Å². The monoisotopic (exact) mass is 285 g/mol. The molecule has 0 amide bonds. The second kappa shape index (κ2) is 6.80. The zero-order valence-electron chi connectivity index (χ0n) is 12.6. The summed E-state index contributed by atoms with van der Waals surface area (Å²) in [7, 11) is 0. The first kappa shape index (κ1) is 14.9. The number of nitrogens with one attached hydrogen (secondary N) is 1. The predicted octanol–water partition coefficient (Wildman–Crippen LogP) is 3.34. The maximum Gasteiger partial charge on any atom is 0.145 e. The minimum atomic E-state index is 0.499. The summed E-state index contributed by atoms with van der Waals surface area (Å²) in [5.41, 5.74) is 1.95. The van der Waals surface area contributed by atoms with Crippen molar-refractivity contribution < 1.29 is 9.47 Å². The number of aromatic nitrogens is 1. The fourth-order valence-electron chi connectivity index (χ4n) is 2.24. The molecule has 0 unspecified atom stereocenters. The van der Waals surface area contributed by atoms with E-state index in [1.807, 2.05) is 32.9 Å². The average molecular weight is 285 g/mol. The molecule has 0 saturated carbocycles.